The highest BCUT2D eigenvalue weighted by Gasteiger charge is 2.24. The highest BCUT2D eigenvalue weighted by Crippen LogP contribution is 2.30. The van der Waals surface area contributed by atoms with Gasteiger partial charge in [0.15, 0.2) is 5.78 Å². The number of nitrogens with zero attached hydrogens (tertiary/aromatic N) is 2. The summed E-state index contributed by atoms with van der Waals surface area (Å²) in [7, 11) is 2.13. The monoisotopic (exact) mass is 404 g/mol. The molecule has 1 aliphatic heterocycles. The molecule has 1 heterocycles. The first-order valence-corrected chi connectivity index (χ1v) is 9.28. The first-order valence-electron chi connectivity index (χ1n) is 9.28. The molecule has 0 saturated carbocycles. The molecule has 0 N–H and O–H groups in total. The molecule has 28 heavy (non-hydrogen) atoms. The number of Topliss-reactive ketones (excluding diaryl/α,β-unsaturated/α-hetero) is 1. The summed E-state index contributed by atoms with van der Waals surface area (Å²) < 4.78 is 27.0. The normalized spacial score (nSPS) is 18.8. The van der Waals surface area contributed by atoms with Crippen molar-refractivity contribution in [3.63, 3.8) is 0 Å². The van der Waals surface area contributed by atoms with Crippen molar-refractivity contribution in [3.8, 4) is 0 Å². The van der Waals surface area contributed by atoms with Gasteiger partial charge in [-0.3, -0.25) is 4.79 Å². The van der Waals surface area contributed by atoms with Gasteiger partial charge in [0.2, 0.25) is 0 Å². The number of carbonyl (C=O) groups excluding carboxylic acids is 1. The molecular formula is C22H23ClF2N2O. The van der Waals surface area contributed by atoms with E-state index in [2.05, 4.69) is 22.9 Å². The molecule has 0 radical (unpaired) electrons. The summed E-state index contributed by atoms with van der Waals surface area (Å²) in [5, 5.41) is 0. The Kier molecular flexibility index (Phi) is 6.16. The number of aryl methyl sites for hydroxylation is 1. The minimum atomic E-state index is -0.647. The Morgan fingerprint density at radius 3 is 2.43 bits per heavy atom. The topological polar surface area (TPSA) is 23.6 Å². The summed E-state index contributed by atoms with van der Waals surface area (Å²) in [4.78, 5) is 17.5. The van der Waals surface area contributed by atoms with Gasteiger partial charge in [0.25, 0.3) is 0 Å². The highest BCUT2D eigenvalue weighted by molar-refractivity contribution is 6.13. The van der Waals surface area contributed by atoms with E-state index < -0.39 is 11.6 Å². The van der Waals surface area contributed by atoms with Crippen LogP contribution in [0.5, 0.6) is 0 Å². The number of anilines is 1. The van der Waals surface area contributed by atoms with Crippen LogP contribution in [0.4, 0.5) is 14.5 Å². The number of hydrogen-bond acceptors (Lipinski definition) is 3. The Morgan fingerprint density at radius 1 is 0.964 bits per heavy atom. The van der Waals surface area contributed by atoms with Crippen molar-refractivity contribution in [2.45, 2.75) is 12.8 Å². The molecule has 2 aromatic carbocycles. The second kappa shape index (κ2) is 8.41. The molecule has 1 fully saturated rings. The number of allylic oxidation sites excluding steroid dienone is 1. The molecule has 4 rings (SSSR count). The zero-order valence-electron chi connectivity index (χ0n) is 15.8. The fourth-order valence-electron chi connectivity index (χ4n) is 3.77. The lowest BCUT2D eigenvalue weighted by molar-refractivity contribution is 0.102. The van der Waals surface area contributed by atoms with Crippen LogP contribution in [-0.2, 0) is 6.42 Å². The fourth-order valence-corrected chi connectivity index (χ4v) is 3.77. The van der Waals surface area contributed by atoms with Gasteiger partial charge in [0, 0.05) is 54.6 Å². The van der Waals surface area contributed by atoms with E-state index in [0.29, 0.717) is 17.6 Å². The first kappa shape index (κ1) is 20.5. The molecule has 0 bridgehead atoms. The zero-order chi connectivity index (χ0) is 19.0. The van der Waals surface area contributed by atoms with E-state index in [0.717, 1.165) is 49.9 Å². The number of carbonyl (C=O) groups is 1. The minimum absolute atomic E-state index is 0. The molecule has 6 heteroatoms. The van der Waals surface area contributed by atoms with Crippen molar-refractivity contribution in [2.75, 3.05) is 38.1 Å². The van der Waals surface area contributed by atoms with Crippen molar-refractivity contribution in [1.29, 1.82) is 0 Å². The molecule has 1 saturated heterocycles. The molecule has 2 aromatic rings. The molecule has 148 valence electrons. The largest absolute Gasteiger partial charge is 0.369 e. The third-order valence-electron chi connectivity index (χ3n) is 5.45. The molecule has 3 nitrogen and oxygen atoms in total. The number of likely N-dealkylation sites (N-methyl/N-ethyl adjacent to an activating group) is 1. The Morgan fingerprint density at radius 2 is 1.71 bits per heavy atom. The lowest BCUT2D eigenvalue weighted by Crippen LogP contribution is -2.44. The van der Waals surface area contributed by atoms with Gasteiger partial charge in [0.1, 0.15) is 11.6 Å². The molecule has 1 aliphatic carbocycles. The van der Waals surface area contributed by atoms with Gasteiger partial charge in [-0.2, -0.15) is 0 Å². The molecule has 2 aliphatic rings. The maximum absolute atomic E-state index is 13.9. The third-order valence-corrected chi connectivity index (χ3v) is 5.45. The maximum Gasteiger partial charge on any atom is 0.189 e. The van der Waals surface area contributed by atoms with Crippen LogP contribution < -0.4 is 4.90 Å². The number of piperazine rings is 1. The third kappa shape index (κ3) is 4.10. The van der Waals surface area contributed by atoms with E-state index in [4.69, 9.17) is 0 Å². The van der Waals surface area contributed by atoms with E-state index in [1.165, 1.54) is 12.1 Å². The summed E-state index contributed by atoms with van der Waals surface area (Å²) in [6.45, 7) is 4.04. The quantitative estimate of drug-likeness (QED) is 0.695. The smallest absolute Gasteiger partial charge is 0.189 e. The van der Waals surface area contributed by atoms with Crippen LogP contribution >= 0.6 is 12.4 Å². The van der Waals surface area contributed by atoms with E-state index in [9.17, 15) is 13.6 Å². The van der Waals surface area contributed by atoms with Crippen LogP contribution in [0, 0.1) is 11.6 Å². The van der Waals surface area contributed by atoms with Crippen LogP contribution in [0.3, 0.4) is 0 Å². The lowest BCUT2D eigenvalue weighted by Gasteiger charge is -2.34. The van der Waals surface area contributed by atoms with Gasteiger partial charge in [-0.25, -0.2) is 8.78 Å². The Labute approximate surface area is 170 Å². The van der Waals surface area contributed by atoms with Crippen molar-refractivity contribution in [3.05, 3.63) is 70.3 Å². The van der Waals surface area contributed by atoms with Crippen molar-refractivity contribution >= 4 is 30.0 Å². The van der Waals surface area contributed by atoms with E-state index in [-0.39, 0.29) is 23.8 Å². The highest BCUT2D eigenvalue weighted by atomic mass is 35.5. The Balaban J connectivity index is 0.00000225. The summed E-state index contributed by atoms with van der Waals surface area (Å²) in [5.74, 6) is -1.33. The summed E-state index contributed by atoms with van der Waals surface area (Å²) in [5.41, 5.74) is 3.71. The minimum Gasteiger partial charge on any atom is -0.369 e. The molecular weight excluding hydrogens is 382 g/mol. The lowest BCUT2D eigenvalue weighted by atomic mass is 9.85. The van der Waals surface area contributed by atoms with E-state index >= 15 is 0 Å². The molecule has 0 amide bonds. The van der Waals surface area contributed by atoms with Crippen molar-refractivity contribution < 1.29 is 13.6 Å². The second-order valence-corrected chi connectivity index (χ2v) is 7.30. The predicted octanol–water partition coefficient (Wildman–Crippen LogP) is 4.35. The standard InChI is InChI=1S/C22H22F2N2O.ClH/c1-25-8-10-26(11-9-25)19-6-7-20-15(13-19)2-3-17(22(20)27)12-16-4-5-18(23)14-21(16)24;/h4-7,12-14H,2-3,8-11H2,1H3;1H/b17-12+;. The maximum atomic E-state index is 13.9. The average molecular weight is 405 g/mol. The van der Waals surface area contributed by atoms with Gasteiger partial charge in [0.05, 0.1) is 0 Å². The molecule has 0 aromatic heterocycles. The Bertz CT molecular complexity index is 921. The number of ketones is 1. The first-order chi connectivity index (χ1) is 13.0. The average Bonchev–Trinajstić information content (AvgIpc) is 2.66. The number of benzene rings is 2. The second-order valence-electron chi connectivity index (χ2n) is 7.30. The van der Waals surface area contributed by atoms with Gasteiger partial charge in [-0.05, 0) is 61.9 Å². The summed E-state index contributed by atoms with van der Waals surface area (Å²) in [6.07, 6.45) is 2.86. The fraction of sp³-hybridized carbons (Fsp3) is 0.318. The number of rotatable bonds is 2. The van der Waals surface area contributed by atoms with Gasteiger partial charge < -0.3 is 9.80 Å². The molecule has 0 unspecified atom stereocenters. The molecule has 0 atom stereocenters. The van der Waals surface area contributed by atoms with E-state index in [1.54, 1.807) is 6.08 Å². The van der Waals surface area contributed by atoms with Crippen LogP contribution in [0.25, 0.3) is 6.08 Å². The van der Waals surface area contributed by atoms with E-state index in [1.807, 2.05) is 12.1 Å². The van der Waals surface area contributed by atoms with Crippen molar-refractivity contribution in [1.82, 2.24) is 4.90 Å². The summed E-state index contributed by atoms with van der Waals surface area (Å²) in [6, 6.07) is 9.43. The SMILES string of the molecule is CN1CCN(c2ccc3c(c2)CC/C(=C\c2ccc(F)cc2F)C3=O)CC1.Cl. The van der Waals surface area contributed by atoms with Crippen LogP contribution in [0.15, 0.2) is 42.0 Å². The predicted molar refractivity (Wildman–Crippen MR) is 110 cm³/mol. The number of hydrogen-bond donors (Lipinski definition) is 0. The number of fused-ring (bicyclic) bond motifs is 1. The van der Waals surface area contributed by atoms with Crippen molar-refractivity contribution in [2.24, 2.45) is 0 Å². The van der Waals surface area contributed by atoms with Gasteiger partial charge in [-0.1, -0.05) is 0 Å². The van der Waals surface area contributed by atoms with Gasteiger partial charge >= 0.3 is 0 Å². The van der Waals surface area contributed by atoms with Gasteiger partial charge in [-0.15, -0.1) is 12.4 Å². The molecule has 0 spiro atoms. The Hall–Kier alpha value is -2.24. The van der Waals surface area contributed by atoms with Crippen LogP contribution in [0.2, 0.25) is 0 Å². The van der Waals surface area contributed by atoms with Crippen LogP contribution in [-0.4, -0.2) is 43.9 Å². The number of halogens is 3. The zero-order valence-corrected chi connectivity index (χ0v) is 16.6. The summed E-state index contributed by atoms with van der Waals surface area (Å²) >= 11 is 0. The van der Waals surface area contributed by atoms with Crippen LogP contribution in [0.1, 0.15) is 27.9 Å².